The van der Waals surface area contributed by atoms with Crippen molar-refractivity contribution in [3.63, 3.8) is 0 Å². The zero-order chi connectivity index (χ0) is 33.7. The Bertz CT molecular complexity index is 1650. The first-order valence-corrected chi connectivity index (χ1v) is 17.8. The van der Waals surface area contributed by atoms with Gasteiger partial charge in [0.25, 0.3) is 0 Å². The van der Waals surface area contributed by atoms with Crippen molar-refractivity contribution in [1.29, 1.82) is 0 Å². The molecule has 0 aliphatic carbocycles. The van der Waals surface area contributed by atoms with Gasteiger partial charge in [-0.2, -0.15) is 0 Å². The van der Waals surface area contributed by atoms with Crippen LogP contribution >= 0.6 is 0 Å². The number of rotatable bonds is 8. The van der Waals surface area contributed by atoms with Crippen molar-refractivity contribution in [1.82, 2.24) is 0 Å². The lowest BCUT2D eigenvalue weighted by molar-refractivity contribution is 0.527. The summed E-state index contributed by atoms with van der Waals surface area (Å²) in [4.78, 5) is 10.3. The SMILES string of the molecule is CC(C)N1c2ccccc2N(C(C)C)C1c1ccc(-c2ccc(-c3ccc(C4N(C(C)C)c5ccccc5N4C(C)C)cc3)cc2)cc1. The third-order valence-electron chi connectivity index (χ3n) is 10.1. The topological polar surface area (TPSA) is 13.0 Å². The van der Waals surface area contributed by atoms with Gasteiger partial charge >= 0.3 is 0 Å². The maximum absolute atomic E-state index is 2.57. The van der Waals surface area contributed by atoms with Gasteiger partial charge in [-0.05, 0) is 113 Å². The molecule has 5 aromatic rings. The van der Waals surface area contributed by atoms with Gasteiger partial charge in [-0.25, -0.2) is 0 Å². The number of hydrogen-bond donors (Lipinski definition) is 0. The Kier molecular flexibility index (Phi) is 8.45. The van der Waals surface area contributed by atoms with E-state index < -0.39 is 0 Å². The molecule has 0 saturated carbocycles. The summed E-state index contributed by atoms with van der Waals surface area (Å²) >= 11 is 0. The second kappa shape index (κ2) is 12.7. The normalized spacial score (nSPS) is 15.1. The highest BCUT2D eigenvalue weighted by Gasteiger charge is 2.40. The maximum atomic E-state index is 2.57. The standard InChI is InChI=1S/C44H50N4/c1-29(2)45-39-13-9-10-14-40(39)46(30(3)4)43(45)37-25-21-35(22-26-37)33-17-19-34(20-18-33)36-23-27-38(28-24-36)44-47(31(5)6)41-15-11-12-16-42(41)48(44)32(7)8/h9-32,43-44H,1-8H3. The lowest BCUT2D eigenvalue weighted by atomic mass is 9.97. The molecule has 0 aromatic heterocycles. The summed E-state index contributed by atoms with van der Waals surface area (Å²) in [5.74, 6) is 0. The molecular formula is C44H50N4. The highest BCUT2D eigenvalue weighted by Crippen LogP contribution is 2.50. The predicted molar refractivity (Wildman–Crippen MR) is 206 cm³/mol. The van der Waals surface area contributed by atoms with Crippen LogP contribution in [-0.4, -0.2) is 24.2 Å². The van der Waals surface area contributed by atoms with Crippen molar-refractivity contribution in [3.8, 4) is 22.3 Å². The van der Waals surface area contributed by atoms with E-state index in [4.69, 9.17) is 0 Å². The third kappa shape index (κ3) is 5.41. The lowest BCUT2D eigenvalue weighted by Crippen LogP contribution is -2.42. The number of fused-ring (bicyclic) bond motifs is 2. The fraction of sp³-hybridized carbons (Fsp3) is 0.318. The number of para-hydroxylation sites is 4. The Hall–Kier alpha value is -4.70. The summed E-state index contributed by atoms with van der Waals surface area (Å²) in [5, 5.41) is 0. The van der Waals surface area contributed by atoms with E-state index in [0.29, 0.717) is 24.2 Å². The number of benzene rings is 5. The highest BCUT2D eigenvalue weighted by molar-refractivity contribution is 5.81. The van der Waals surface area contributed by atoms with Crippen LogP contribution in [0.1, 0.15) is 78.8 Å². The van der Waals surface area contributed by atoms with Crippen LogP contribution in [0.4, 0.5) is 22.7 Å². The van der Waals surface area contributed by atoms with Crippen molar-refractivity contribution < 1.29 is 0 Å². The number of anilines is 4. The van der Waals surface area contributed by atoms with E-state index in [1.165, 1.54) is 56.1 Å². The fourth-order valence-corrected chi connectivity index (χ4v) is 8.03. The molecule has 0 N–H and O–H groups in total. The van der Waals surface area contributed by atoms with Crippen LogP contribution in [0.3, 0.4) is 0 Å². The van der Waals surface area contributed by atoms with Crippen LogP contribution in [0.15, 0.2) is 121 Å². The second-order valence-corrected chi connectivity index (χ2v) is 14.6. The maximum Gasteiger partial charge on any atom is 0.129 e. The molecule has 0 fully saturated rings. The Morgan fingerprint density at radius 3 is 0.729 bits per heavy atom. The summed E-state index contributed by atoms with van der Waals surface area (Å²) < 4.78 is 0. The molecule has 0 spiro atoms. The van der Waals surface area contributed by atoms with Crippen LogP contribution in [0, 0.1) is 0 Å². The minimum atomic E-state index is 0.181. The van der Waals surface area contributed by atoms with Crippen LogP contribution in [0.25, 0.3) is 22.3 Å². The molecule has 2 aliphatic heterocycles. The van der Waals surface area contributed by atoms with Crippen LogP contribution in [0.5, 0.6) is 0 Å². The largest absolute Gasteiger partial charge is 0.343 e. The van der Waals surface area contributed by atoms with Gasteiger partial charge in [0.15, 0.2) is 0 Å². The first-order chi connectivity index (χ1) is 23.2. The van der Waals surface area contributed by atoms with Crippen LogP contribution < -0.4 is 19.6 Å². The predicted octanol–water partition coefficient (Wildman–Crippen LogP) is 11.3. The van der Waals surface area contributed by atoms with E-state index in [1.807, 2.05) is 0 Å². The average Bonchev–Trinajstić information content (AvgIpc) is 3.63. The molecule has 0 radical (unpaired) electrons. The van der Waals surface area contributed by atoms with E-state index in [0.717, 1.165) is 0 Å². The first kappa shape index (κ1) is 31.9. The molecule has 48 heavy (non-hydrogen) atoms. The van der Waals surface area contributed by atoms with Crippen LogP contribution in [-0.2, 0) is 0 Å². The first-order valence-electron chi connectivity index (χ1n) is 17.8. The molecule has 246 valence electrons. The molecule has 0 unspecified atom stereocenters. The van der Waals surface area contributed by atoms with Gasteiger partial charge in [-0.1, -0.05) is 97.1 Å². The van der Waals surface area contributed by atoms with Crippen LogP contribution in [0.2, 0.25) is 0 Å². The average molecular weight is 635 g/mol. The third-order valence-corrected chi connectivity index (χ3v) is 10.1. The summed E-state index contributed by atoms with van der Waals surface area (Å²) in [6.45, 7) is 18.4. The number of nitrogens with zero attached hydrogens (tertiary/aromatic N) is 4. The molecule has 0 bridgehead atoms. The van der Waals surface area contributed by atoms with Gasteiger partial charge in [0, 0.05) is 24.2 Å². The van der Waals surface area contributed by atoms with E-state index in [1.54, 1.807) is 0 Å². The monoisotopic (exact) mass is 634 g/mol. The van der Waals surface area contributed by atoms with Crippen molar-refractivity contribution in [2.45, 2.75) is 91.9 Å². The van der Waals surface area contributed by atoms with E-state index >= 15 is 0 Å². The smallest absolute Gasteiger partial charge is 0.129 e. The van der Waals surface area contributed by atoms with Crippen molar-refractivity contribution in [3.05, 3.63) is 132 Å². The molecule has 7 rings (SSSR count). The molecule has 4 nitrogen and oxygen atoms in total. The Morgan fingerprint density at radius 2 is 0.521 bits per heavy atom. The van der Waals surface area contributed by atoms with Gasteiger partial charge in [0.05, 0.1) is 22.7 Å². The highest BCUT2D eigenvalue weighted by atomic mass is 15.4. The quantitative estimate of drug-likeness (QED) is 0.168. The van der Waals surface area contributed by atoms with Crippen molar-refractivity contribution in [2.75, 3.05) is 19.6 Å². The zero-order valence-corrected chi connectivity index (χ0v) is 29.8. The van der Waals surface area contributed by atoms with E-state index in [9.17, 15) is 0 Å². The molecule has 0 amide bonds. The van der Waals surface area contributed by atoms with E-state index in [2.05, 4.69) is 196 Å². The van der Waals surface area contributed by atoms with Gasteiger partial charge in [-0.3, -0.25) is 0 Å². The summed E-state index contributed by atoms with van der Waals surface area (Å²) in [5.41, 5.74) is 12.9. The summed E-state index contributed by atoms with van der Waals surface area (Å²) in [6.07, 6.45) is 0.362. The van der Waals surface area contributed by atoms with Gasteiger partial charge in [-0.15, -0.1) is 0 Å². The molecule has 0 atom stereocenters. The molecule has 2 aliphatic rings. The second-order valence-electron chi connectivity index (χ2n) is 14.6. The molecule has 5 aromatic carbocycles. The minimum Gasteiger partial charge on any atom is -0.343 e. The number of hydrogen-bond acceptors (Lipinski definition) is 4. The molecule has 4 heteroatoms. The lowest BCUT2D eigenvalue weighted by Gasteiger charge is -2.38. The van der Waals surface area contributed by atoms with Crippen molar-refractivity contribution in [2.24, 2.45) is 0 Å². The Labute approximate surface area is 288 Å². The Balaban J connectivity index is 1.12. The van der Waals surface area contributed by atoms with Gasteiger partial charge in [0.2, 0.25) is 0 Å². The van der Waals surface area contributed by atoms with E-state index in [-0.39, 0.29) is 12.3 Å². The molecule has 2 heterocycles. The molecular weight excluding hydrogens is 585 g/mol. The zero-order valence-electron chi connectivity index (χ0n) is 29.8. The fourth-order valence-electron chi connectivity index (χ4n) is 8.03. The minimum absolute atomic E-state index is 0.181. The van der Waals surface area contributed by atoms with Gasteiger partial charge in [0.1, 0.15) is 12.3 Å². The van der Waals surface area contributed by atoms with Gasteiger partial charge < -0.3 is 19.6 Å². The Morgan fingerprint density at radius 1 is 0.312 bits per heavy atom. The molecule has 0 saturated heterocycles. The summed E-state index contributed by atoms with van der Waals surface area (Å²) in [7, 11) is 0. The summed E-state index contributed by atoms with van der Waals surface area (Å²) in [6, 6.07) is 46.8. The van der Waals surface area contributed by atoms with Crippen molar-refractivity contribution >= 4 is 22.7 Å².